The second-order valence-corrected chi connectivity index (χ2v) is 6.94. The monoisotopic (exact) mass is 444 g/mol. The lowest BCUT2D eigenvalue weighted by Crippen LogP contribution is -2.39. The van der Waals surface area contributed by atoms with Crippen LogP contribution in [0.15, 0.2) is 42.5 Å². The molecule has 3 amide bonds. The third-order valence-corrected chi connectivity index (χ3v) is 4.07. The fourth-order valence-corrected chi connectivity index (χ4v) is 2.55. The van der Waals surface area contributed by atoms with Crippen LogP contribution in [0.25, 0.3) is 0 Å². The number of esters is 1. The first-order valence-corrected chi connectivity index (χ1v) is 9.62. The molecule has 0 radical (unpaired) electrons. The Bertz CT molecular complexity index is 990. The first-order valence-electron chi connectivity index (χ1n) is 9.62. The first-order chi connectivity index (χ1) is 15.2. The zero-order valence-electron chi connectivity index (χ0n) is 17.8. The van der Waals surface area contributed by atoms with Crippen molar-refractivity contribution >= 4 is 29.3 Å². The van der Waals surface area contributed by atoms with E-state index in [0.717, 1.165) is 5.56 Å². The second-order valence-electron chi connectivity index (χ2n) is 6.94. The van der Waals surface area contributed by atoms with Crippen LogP contribution in [0.1, 0.15) is 29.8 Å². The summed E-state index contributed by atoms with van der Waals surface area (Å²) in [6.45, 7) is 3.34. The van der Waals surface area contributed by atoms with E-state index in [1.807, 2.05) is 13.8 Å². The number of hydrogen-bond donors (Lipinski definition) is 3. The maximum Gasteiger partial charge on any atom is 0.338 e. The van der Waals surface area contributed by atoms with Gasteiger partial charge in [-0.2, -0.15) is 0 Å². The van der Waals surface area contributed by atoms with Gasteiger partial charge >= 0.3 is 12.0 Å². The van der Waals surface area contributed by atoms with Gasteiger partial charge in [0.2, 0.25) is 0 Å². The highest BCUT2D eigenvalue weighted by molar-refractivity contribution is 5.96. The van der Waals surface area contributed by atoms with E-state index in [-0.39, 0.29) is 41.3 Å². The van der Waals surface area contributed by atoms with E-state index >= 15 is 0 Å². The van der Waals surface area contributed by atoms with Gasteiger partial charge in [0.05, 0.1) is 23.7 Å². The number of nitrogens with zero attached hydrogens (tertiary/aromatic N) is 1. The zero-order chi connectivity index (χ0) is 23.7. The molecule has 0 saturated carbocycles. The predicted molar refractivity (Wildman–Crippen MR) is 116 cm³/mol. The van der Waals surface area contributed by atoms with Crippen LogP contribution in [0.4, 0.5) is 16.2 Å². The summed E-state index contributed by atoms with van der Waals surface area (Å²) in [7, 11) is 1.36. The molecular weight excluding hydrogens is 420 g/mol. The lowest BCUT2D eigenvalue weighted by Gasteiger charge is -2.10. The summed E-state index contributed by atoms with van der Waals surface area (Å²) < 4.78 is 9.90. The van der Waals surface area contributed by atoms with E-state index in [4.69, 9.17) is 9.47 Å². The van der Waals surface area contributed by atoms with Gasteiger partial charge in [-0.05, 0) is 43.7 Å². The van der Waals surface area contributed by atoms with Crippen molar-refractivity contribution in [1.29, 1.82) is 0 Å². The van der Waals surface area contributed by atoms with Crippen molar-refractivity contribution in [2.75, 3.05) is 19.0 Å². The number of nitrogens with one attached hydrogen (secondary N) is 3. The van der Waals surface area contributed by atoms with Crippen molar-refractivity contribution in [2.24, 2.45) is 0 Å². The number of ether oxygens (including phenoxy) is 2. The quantitative estimate of drug-likeness (QED) is 0.306. The third kappa shape index (κ3) is 7.27. The van der Waals surface area contributed by atoms with Gasteiger partial charge in [-0.3, -0.25) is 14.9 Å². The fourth-order valence-electron chi connectivity index (χ4n) is 2.55. The van der Waals surface area contributed by atoms with Crippen LogP contribution in [0.5, 0.6) is 5.75 Å². The van der Waals surface area contributed by atoms with E-state index in [1.165, 1.54) is 37.4 Å². The average Bonchev–Trinajstić information content (AvgIpc) is 2.76. The molecule has 0 spiro atoms. The number of rotatable bonds is 9. The van der Waals surface area contributed by atoms with Crippen LogP contribution in [0.3, 0.4) is 0 Å². The molecule has 2 rings (SSSR count). The SMILES string of the molecule is COc1ccc(NC(=O)COC(=O)c2ccc(CNC(=O)NC(C)C)cc2)c([N+](=O)[O-])c1. The number of hydrogen-bond acceptors (Lipinski definition) is 7. The van der Waals surface area contributed by atoms with E-state index in [2.05, 4.69) is 16.0 Å². The van der Waals surface area contributed by atoms with Gasteiger partial charge < -0.3 is 25.4 Å². The molecule has 0 aliphatic heterocycles. The molecule has 0 atom stereocenters. The smallest absolute Gasteiger partial charge is 0.338 e. The predicted octanol–water partition coefficient (Wildman–Crippen LogP) is 2.61. The third-order valence-electron chi connectivity index (χ3n) is 4.07. The van der Waals surface area contributed by atoms with Gasteiger partial charge in [-0.1, -0.05) is 12.1 Å². The zero-order valence-corrected chi connectivity index (χ0v) is 17.8. The summed E-state index contributed by atoms with van der Waals surface area (Å²) in [5, 5.41) is 18.9. The minimum atomic E-state index is -0.735. The molecule has 0 saturated heterocycles. The van der Waals surface area contributed by atoms with E-state index in [0.29, 0.717) is 0 Å². The molecule has 0 aliphatic carbocycles. The Morgan fingerprint density at radius 2 is 1.78 bits per heavy atom. The average molecular weight is 444 g/mol. The van der Waals surface area contributed by atoms with Gasteiger partial charge in [0, 0.05) is 12.6 Å². The standard InChI is InChI=1S/C21H24N4O7/c1-13(2)23-21(28)22-11-14-4-6-15(7-5-14)20(27)32-12-19(26)24-17-9-8-16(31-3)10-18(17)25(29)30/h4-10,13H,11-12H2,1-3H3,(H,24,26)(H2,22,23,28). The molecule has 2 aromatic rings. The van der Waals surface area contributed by atoms with Crippen LogP contribution in [-0.4, -0.2) is 42.6 Å². The largest absolute Gasteiger partial charge is 0.496 e. The number of carbonyl (C=O) groups excluding carboxylic acids is 3. The molecule has 2 aromatic carbocycles. The lowest BCUT2D eigenvalue weighted by molar-refractivity contribution is -0.384. The van der Waals surface area contributed by atoms with Gasteiger partial charge in [-0.15, -0.1) is 0 Å². The van der Waals surface area contributed by atoms with E-state index in [9.17, 15) is 24.5 Å². The molecule has 0 fully saturated rings. The maximum absolute atomic E-state index is 12.2. The molecule has 11 nitrogen and oxygen atoms in total. The minimum Gasteiger partial charge on any atom is -0.496 e. The Morgan fingerprint density at radius 3 is 2.38 bits per heavy atom. The van der Waals surface area contributed by atoms with Gasteiger partial charge in [-0.25, -0.2) is 9.59 Å². The van der Waals surface area contributed by atoms with Crippen molar-refractivity contribution in [1.82, 2.24) is 10.6 Å². The Kier molecular flexibility index (Phi) is 8.52. The van der Waals surface area contributed by atoms with Crippen LogP contribution in [0, 0.1) is 10.1 Å². The highest BCUT2D eigenvalue weighted by Gasteiger charge is 2.18. The highest BCUT2D eigenvalue weighted by atomic mass is 16.6. The second kappa shape index (κ2) is 11.3. The van der Waals surface area contributed by atoms with Crippen molar-refractivity contribution in [2.45, 2.75) is 26.4 Å². The molecule has 3 N–H and O–H groups in total. The van der Waals surface area contributed by atoms with E-state index in [1.54, 1.807) is 12.1 Å². The molecule has 0 bridgehead atoms. The molecule has 0 unspecified atom stereocenters. The Balaban J connectivity index is 1.88. The number of nitro benzene ring substituents is 1. The maximum atomic E-state index is 12.2. The van der Waals surface area contributed by atoms with E-state index < -0.39 is 23.4 Å². The Labute approximate surface area is 184 Å². The Hall–Kier alpha value is -4.15. The van der Waals surface area contributed by atoms with Crippen molar-refractivity contribution < 1.29 is 28.8 Å². The summed E-state index contributed by atoms with van der Waals surface area (Å²) in [6.07, 6.45) is 0. The summed E-state index contributed by atoms with van der Waals surface area (Å²) in [5.74, 6) is -1.20. The van der Waals surface area contributed by atoms with Crippen molar-refractivity contribution in [3.05, 3.63) is 63.7 Å². The number of anilines is 1. The van der Waals surface area contributed by atoms with Crippen molar-refractivity contribution in [3.8, 4) is 5.75 Å². The fraction of sp³-hybridized carbons (Fsp3) is 0.286. The molecule has 0 heterocycles. The summed E-state index contributed by atoms with van der Waals surface area (Å²) >= 11 is 0. The van der Waals surface area contributed by atoms with Crippen LogP contribution < -0.4 is 20.7 Å². The van der Waals surface area contributed by atoms with Crippen LogP contribution in [-0.2, 0) is 16.1 Å². The normalized spacial score (nSPS) is 10.2. The number of nitro groups is 1. The summed E-state index contributed by atoms with van der Waals surface area (Å²) in [4.78, 5) is 46.3. The number of benzene rings is 2. The van der Waals surface area contributed by atoms with Gasteiger partial charge in [0.15, 0.2) is 6.61 Å². The Morgan fingerprint density at radius 1 is 1.09 bits per heavy atom. The minimum absolute atomic E-state index is 0.0141. The molecule has 170 valence electrons. The molecular formula is C21H24N4O7. The van der Waals surface area contributed by atoms with Crippen LogP contribution in [0.2, 0.25) is 0 Å². The number of urea groups is 1. The van der Waals surface area contributed by atoms with Crippen LogP contribution >= 0.6 is 0 Å². The summed E-state index contributed by atoms with van der Waals surface area (Å²) in [6, 6.07) is 9.97. The highest BCUT2D eigenvalue weighted by Crippen LogP contribution is 2.28. The molecule has 0 aliphatic rings. The van der Waals surface area contributed by atoms with Crippen molar-refractivity contribution in [3.63, 3.8) is 0 Å². The topological polar surface area (TPSA) is 149 Å². The lowest BCUT2D eigenvalue weighted by atomic mass is 10.1. The molecule has 11 heteroatoms. The number of methoxy groups -OCH3 is 1. The number of amides is 3. The first kappa shape index (κ1) is 24.1. The number of carbonyl (C=O) groups is 3. The van der Waals surface area contributed by atoms with Gasteiger partial charge in [0.25, 0.3) is 11.6 Å². The van der Waals surface area contributed by atoms with Gasteiger partial charge in [0.1, 0.15) is 11.4 Å². The molecule has 32 heavy (non-hydrogen) atoms. The molecule has 0 aromatic heterocycles. The summed E-state index contributed by atoms with van der Waals surface area (Å²) in [5.41, 5.74) is 0.583.